The molecule has 8 unspecified atom stereocenters. The average Bonchev–Trinajstić information content (AvgIpc) is 3.59. The maximum Gasteiger partial charge on any atom is 0.317 e. The van der Waals surface area contributed by atoms with Gasteiger partial charge in [0.25, 0.3) is 0 Å². The van der Waals surface area contributed by atoms with Crippen LogP contribution in [0, 0.1) is 51.2 Å². The van der Waals surface area contributed by atoms with Gasteiger partial charge in [-0.1, -0.05) is 53.2 Å². The Hall–Kier alpha value is -1.62. The smallest absolute Gasteiger partial charge is 0.317 e. The van der Waals surface area contributed by atoms with Crippen LogP contribution in [0.25, 0.3) is 0 Å². The highest BCUT2D eigenvalue weighted by atomic mass is 16.2. The Balaban J connectivity index is 1.12. The Kier molecular flexibility index (Phi) is 7.31. The van der Waals surface area contributed by atoms with E-state index in [4.69, 9.17) is 0 Å². The summed E-state index contributed by atoms with van der Waals surface area (Å²) in [5.41, 5.74) is 4.80. The lowest BCUT2D eigenvalue weighted by Crippen LogP contribution is -2.67. The minimum Gasteiger partial charge on any atom is -0.336 e. The van der Waals surface area contributed by atoms with Crippen LogP contribution >= 0.6 is 0 Å². The SMILES string of the molecule is CC1(C)C(C2=CCC(C=O)CC2)=CCC2(C)C1CCC1(C)C2CCC2C3CCCC3(NCCN3CCNC3=O)CC[C@]21C. The molecule has 2 N–H and O–H groups in total. The molecule has 0 aromatic heterocycles. The topological polar surface area (TPSA) is 61.4 Å². The number of hydrogen-bond acceptors (Lipinski definition) is 3. The second-order valence-corrected chi connectivity index (χ2v) is 17.4. The lowest BCUT2D eigenvalue weighted by Gasteiger charge is -2.72. The lowest BCUT2D eigenvalue weighted by molar-refractivity contribution is -0.218. The number of amides is 2. The molecule has 1 saturated heterocycles. The zero-order chi connectivity index (χ0) is 30.3. The van der Waals surface area contributed by atoms with Crippen molar-refractivity contribution in [2.24, 2.45) is 51.2 Å². The second-order valence-electron chi connectivity index (χ2n) is 17.4. The fourth-order valence-corrected chi connectivity index (χ4v) is 13.4. The molecule has 2 amide bonds. The first-order valence-corrected chi connectivity index (χ1v) is 18.1. The summed E-state index contributed by atoms with van der Waals surface area (Å²) in [6.45, 7) is 16.7. The van der Waals surface area contributed by atoms with E-state index in [0.29, 0.717) is 16.2 Å². The van der Waals surface area contributed by atoms with Gasteiger partial charge in [-0.25, -0.2) is 4.79 Å². The third-order valence-electron chi connectivity index (χ3n) is 15.7. The number of allylic oxidation sites excluding steroid dienone is 4. The standard InChI is InChI=1S/C38H59N3O2/c1-34(2)28(27-10-8-26(25-42)9-11-27)14-17-35(3)31(34)15-18-37(5)32(35)13-12-29-30-7-6-16-38(30,20-19-36(29,37)4)40-22-24-41-23-21-39-33(41)43/h10,14,25-26,29-32,40H,6-9,11-13,15-24H2,1-5H3,(H,39,43)/t26?,29?,30?,31?,32?,35?,36-,37?,38?/m1/s1. The molecule has 7 rings (SSSR count). The normalized spacial score (nSPS) is 47.0. The number of carbonyl (C=O) groups is 2. The van der Waals surface area contributed by atoms with Gasteiger partial charge in [-0.2, -0.15) is 0 Å². The van der Waals surface area contributed by atoms with Crippen LogP contribution < -0.4 is 10.6 Å². The average molecular weight is 590 g/mol. The summed E-state index contributed by atoms with van der Waals surface area (Å²) in [7, 11) is 0. The first-order chi connectivity index (χ1) is 20.5. The molecular formula is C38H59N3O2. The van der Waals surface area contributed by atoms with Gasteiger partial charge in [0.05, 0.1) is 0 Å². The van der Waals surface area contributed by atoms with E-state index in [1.807, 2.05) is 4.90 Å². The molecule has 5 fully saturated rings. The number of rotatable bonds is 6. The van der Waals surface area contributed by atoms with E-state index in [9.17, 15) is 9.59 Å². The summed E-state index contributed by atoms with van der Waals surface area (Å²) in [5, 5.41) is 7.10. The molecule has 1 heterocycles. The zero-order valence-corrected chi connectivity index (χ0v) is 27.9. The number of nitrogens with one attached hydrogen (secondary N) is 2. The van der Waals surface area contributed by atoms with E-state index in [1.165, 1.54) is 70.5 Å². The predicted octanol–water partition coefficient (Wildman–Crippen LogP) is 7.67. The van der Waals surface area contributed by atoms with E-state index in [1.54, 1.807) is 11.1 Å². The van der Waals surface area contributed by atoms with Crippen molar-refractivity contribution in [3.8, 4) is 0 Å². The van der Waals surface area contributed by atoms with E-state index in [2.05, 4.69) is 57.4 Å². The van der Waals surface area contributed by atoms with Crippen molar-refractivity contribution in [1.29, 1.82) is 0 Å². The van der Waals surface area contributed by atoms with Crippen LogP contribution in [0.5, 0.6) is 0 Å². The zero-order valence-electron chi connectivity index (χ0n) is 27.9. The van der Waals surface area contributed by atoms with E-state index in [0.717, 1.165) is 69.1 Å². The number of hydrogen-bond donors (Lipinski definition) is 2. The van der Waals surface area contributed by atoms with E-state index in [-0.39, 0.29) is 22.9 Å². The van der Waals surface area contributed by atoms with Crippen LogP contribution in [-0.4, -0.2) is 48.9 Å². The van der Waals surface area contributed by atoms with Gasteiger partial charge in [-0.15, -0.1) is 0 Å². The molecule has 1 aliphatic heterocycles. The van der Waals surface area contributed by atoms with Crippen molar-refractivity contribution in [2.75, 3.05) is 26.2 Å². The number of urea groups is 1. The van der Waals surface area contributed by atoms with Crippen LogP contribution in [0.2, 0.25) is 0 Å². The molecular weight excluding hydrogens is 530 g/mol. The molecule has 0 radical (unpaired) electrons. The minimum absolute atomic E-state index is 0.115. The first-order valence-electron chi connectivity index (χ1n) is 18.1. The van der Waals surface area contributed by atoms with Crippen LogP contribution in [0.4, 0.5) is 4.79 Å². The number of carbonyl (C=O) groups excluding carboxylic acids is 2. The van der Waals surface area contributed by atoms with E-state index < -0.39 is 0 Å². The largest absolute Gasteiger partial charge is 0.336 e. The molecule has 5 heteroatoms. The fourth-order valence-electron chi connectivity index (χ4n) is 13.4. The Labute approximate surface area is 261 Å². The summed E-state index contributed by atoms with van der Waals surface area (Å²) < 4.78 is 0. The monoisotopic (exact) mass is 589 g/mol. The van der Waals surface area contributed by atoms with Gasteiger partial charge in [0.2, 0.25) is 0 Å². The van der Waals surface area contributed by atoms with Crippen LogP contribution in [-0.2, 0) is 4.79 Å². The molecule has 9 atom stereocenters. The predicted molar refractivity (Wildman–Crippen MR) is 174 cm³/mol. The molecule has 0 bridgehead atoms. The Morgan fingerprint density at radius 1 is 0.930 bits per heavy atom. The van der Waals surface area contributed by atoms with Crippen molar-refractivity contribution in [1.82, 2.24) is 15.5 Å². The van der Waals surface area contributed by atoms with Crippen molar-refractivity contribution < 1.29 is 9.59 Å². The number of aldehydes is 1. The quantitative estimate of drug-likeness (QED) is 0.313. The van der Waals surface area contributed by atoms with Gasteiger partial charge in [0.15, 0.2) is 0 Å². The Morgan fingerprint density at radius 2 is 1.77 bits per heavy atom. The molecule has 0 aromatic rings. The first kappa shape index (κ1) is 30.1. The molecule has 5 nitrogen and oxygen atoms in total. The minimum atomic E-state index is 0.115. The van der Waals surface area contributed by atoms with Crippen LogP contribution in [0.3, 0.4) is 0 Å². The number of nitrogens with zero attached hydrogens (tertiary/aromatic N) is 1. The number of fused-ring (bicyclic) bond motifs is 7. The summed E-state index contributed by atoms with van der Waals surface area (Å²) in [5.74, 6) is 3.33. The highest BCUT2D eigenvalue weighted by Crippen LogP contribution is 2.76. The van der Waals surface area contributed by atoms with Crippen molar-refractivity contribution in [2.45, 2.75) is 124 Å². The maximum absolute atomic E-state index is 12.1. The Morgan fingerprint density at radius 3 is 2.49 bits per heavy atom. The van der Waals surface area contributed by atoms with Crippen molar-refractivity contribution >= 4 is 12.3 Å². The lowest BCUT2D eigenvalue weighted by atomic mass is 9.33. The fraction of sp³-hybridized carbons (Fsp3) is 0.842. The van der Waals surface area contributed by atoms with Gasteiger partial charge < -0.3 is 20.3 Å². The van der Waals surface area contributed by atoms with Gasteiger partial charge in [0.1, 0.15) is 6.29 Å². The second kappa shape index (κ2) is 10.5. The van der Waals surface area contributed by atoms with Gasteiger partial charge in [0, 0.05) is 37.6 Å². The highest BCUT2D eigenvalue weighted by molar-refractivity contribution is 5.76. The summed E-state index contributed by atoms with van der Waals surface area (Å²) in [6, 6.07) is 0.115. The molecule has 0 spiro atoms. The molecule has 6 aliphatic carbocycles. The maximum atomic E-state index is 12.1. The molecule has 4 saturated carbocycles. The molecule has 238 valence electrons. The summed E-state index contributed by atoms with van der Waals surface area (Å²) >= 11 is 0. The van der Waals surface area contributed by atoms with Crippen molar-refractivity contribution in [3.05, 3.63) is 23.3 Å². The summed E-state index contributed by atoms with van der Waals surface area (Å²) in [6.07, 6.45) is 22.8. The van der Waals surface area contributed by atoms with Crippen LogP contribution in [0.1, 0.15) is 118 Å². The van der Waals surface area contributed by atoms with E-state index >= 15 is 0 Å². The summed E-state index contributed by atoms with van der Waals surface area (Å²) in [4.78, 5) is 25.5. The van der Waals surface area contributed by atoms with Gasteiger partial charge in [-0.3, -0.25) is 0 Å². The molecule has 7 aliphatic rings. The molecule has 0 aromatic carbocycles. The van der Waals surface area contributed by atoms with Crippen LogP contribution in [0.15, 0.2) is 23.3 Å². The Bertz CT molecular complexity index is 1210. The van der Waals surface area contributed by atoms with Crippen molar-refractivity contribution in [3.63, 3.8) is 0 Å². The highest BCUT2D eigenvalue weighted by Gasteiger charge is 2.69. The molecule has 43 heavy (non-hydrogen) atoms. The third kappa shape index (κ3) is 4.32. The third-order valence-corrected chi connectivity index (χ3v) is 15.7. The van der Waals surface area contributed by atoms with Gasteiger partial charge >= 0.3 is 6.03 Å². The van der Waals surface area contributed by atoms with Gasteiger partial charge in [-0.05, 0) is 134 Å².